The molecule has 2 aliphatic rings. The van der Waals surface area contributed by atoms with Gasteiger partial charge >= 0.3 is 0 Å². The van der Waals surface area contributed by atoms with Gasteiger partial charge in [-0.2, -0.15) is 0 Å². The summed E-state index contributed by atoms with van der Waals surface area (Å²) < 4.78 is 0. The number of hydrogen-bond acceptors (Lipinski definition) is 1. The summed E-state index contributed by atoms with van der Waals surface area (Å²) in [4.78, 5) is 14.4. The van der Waals surface area contributed by atoms with Gasteiger partial charge in [0.2, 0.25) is 5.91 Å². The van der Waals surface area contributed by atoms with Crippen LogP contribution >= 0.6 is 0 Å². The zero-order valence-corrected chi connectivity index (χ0v) is 14.2. The molecule has 0 saturated heterocycles. The molecule has 21 heavy (non-hydrogen) atoms. The summed E-state index contributed by atoms with van der Waals surface area (Å²) in [5.41, 5.74) is 3.00. The fraction of sp³-hybridized carbons (Fsp3) is 0.737. The Kier molecular flexibility index (Phi) is 5.66. The molecule has 0 aromatic carbocycles. The van der Waals surface area contributed by atoms with Crippen LogP contribution in [0.3, 0.4) is 0 Å². The zero-order chi connectivity index (χ0) is 15.4. The summed E-state index contributed by atoms with van der Waals surface area (Å²) in [5.74, 6) is 1.94. The van der Waals surface area contributed by atoms with Crippen molar-refractivity contribution in [2.75, 3.05) is 13.1 Å². The molecule has 0 bridgehead atoms. The van der Waals surface area contributed by atoms with Crippen molar-refractivity contribution in [2.45, 2.75) is 59.8 Å². The average Bonchev–Trinajstić information content (AvgIpc) is 3.27. The van der Waals surface area contributed by atoms with Crippen LogP contribution in [-0.4, -0.2) is 23.9 Å². The van der Waals surface area contributed by atoms with Crippen molar-refractivity contribution in [3.05, 3.63) is 23.3 Å². The molecule has 1 saturated carbocycles. The maximum Gasteiger partial charge on any atom is 0.225 e. The lowest BCUT2D eigenvalue weighted by Gasteiger charge is -2.25. The molecule has 1 fully saturated rings. The molecule has 0 heterocycles. The second-order valence-corrected chi connectivity index (χ2v) is 7.38. The summed E-state index contributed by atoms with van der Waals surface area (Å²) in [7, 11) is 0. The predicted octanol–water partition coefficient (Wildman–Crippen LogP) is 4.57. The first-order valence-corrected chi connectivity index (χ1v) is 8.58. The van der Waals surface area contributed by atoms with Crippen LogP contribution in [0.1, 0.15) is 59.8 Å². The van der Waals surface area contributed by atoms with Crippen LogP contribution in [0.2, 0.25) is 0 Å². The van der Waals surface area contributed by atoms with E-state index >= 15 is 0 Å². The van der Waals surface area contributed by atoms with Gasteiger partial charge in [0.15, 0.2) is 0 Å². The molecule has 2 aliphatic carbocycles. The van der Waals surface area contributed by atoms with E-state index in [1.54, 1.807) is 0 Å². The van der Waals surface area contributed by atoms with Crippen molar-refractivity contribution in [3.63, 3.8) is 0 Å². The number of carbonyl (C=O) groups is 1. The lowest BCUT2D eigenvalue weighted by Crippen LogP contribution is -2.35. The molecule has 1 unspecified atom stereocenters. The summed E-state index contributed by atoms with van der Waals surface area (Å²) >= 11 is 0. The van der Waals surface area contributed by atoms with Gasteiger partial charge in [0, 0.05) is 19.0 Å². The second kappa shape index (κ2) is 7.29. The van der Waals surface area contributed by atoms with Crippen molar-refractivity contribution in [1.29, 1.82) is 0 Å². The summed E-state index contributed by atoms with van der Waals surface area (Å²) in [6.07, 6.45) is 10.6. The van der Waals surface area contributed by atoms with Gasteiger partial charge in [0.05, 0.1) is 0 Å². The first-order valence-electron chi connectivity index (χ1n) is 8.58. The zero-order valence-electron chi connectivity index (χ0n) is 14.2. The third-order valence-electron chi connectivity index (χ3n) is 4.74. The van der Waals surface area contributed by atoms with Gasteiger partial charge in [-0.1, -0.05) is 37.1 Å². The second-order valence-electron chi connectivity index (χ2n) is 7.38. The number of nitrogens with zero attached hydrogens (tertiary/aromatic N) is 1. The Morgan fingerprint density at radius 3 is 2.57 bits per heavy atom. The average molecular weight is 289 g/mol. The fourth-order valence-corrected chi connectivity index (χ4v) is 3.08. The Bertz CT molecular complexity index is 429. The standard InChI is InChI=1S/C19H31NO/c1-14(2)13-20(19(21)18-9-10-18)12-11-16(4)17-7-5-15(3)6-8-17/h5,11,14,17-18H,6-10,12-13H2,1-4H3/b16-11-. The normalized spacial score (nSPS) is 23.2. The third-order valence-corrected chi connectivity index (χ3v) is 4.74. The van der Waals surface area contributed by atoms with Crippen LogP contribution in [0.5, 0.6) is 0 Å². The molecular formula is C19H31NO. The SMILES string of the molecule is CC1=CCC(/C(C)=C\CN(CC(C)C)C(=O)C2CC2)CC1. The number of amides is 1. The Balaban J connectivity index is 1.92. The summed E-state index contributed by atoms with van der Waals surface area (Å²) in [6, 6.07) is 0. The topological polar surface area (TPSA) is 20.3 Å². The Morgan fingerprint density at radius 1 is 1.33 bits per heavy atom. The highest BCUT2D eigenvalue weighted by Gasteiger charge is 2.33. The van der Waals surface area contributed by atoms with Crippen molar-refractivity contribution in [1.82, 2.24) is 4.90 Å². The van der Waals surface area contributed by atoms with Gasteiger partial charge < -0.3 is 4.90 Å². The van der Waals surface area contributed by atoms with E-state index in [4.69, 9.17) is 0 Å². The van der Waals surface area contributed by atoms with Crippen molar-refractivity contribution >= 4 is 5.91 Å². The first-order chi connectivity index (χ1) is 9.97. The molecule has 1 amide bonds. The van der Waals surface area contributed by atoms with Crippen LogP contribution in [0, 0.1) is 17.8 Å². The lowest BCUT2D eigenvalue weighted by atomic mass is 9.85. The third kappa shape index (κ3) is 5.01. The van der Waals surface area contributed by atoms with Gasteiger partial charge in [-0.25, -0.2) is 0 Å². The molecular weight excluding hydrogens is 258 g/mol. The van der Waals surface area contributed by atoms with Gasteiger partial charge in [0.25, 0.3) is 0 Å². The Morgan fingerprint density at radius 2 is 2.05 bits per heavy atom. The first kappa shape index (κ1) is 16.3. The van der Waals surface area contributed by atoms with E-state index in [0.717, 1.165) is 25.9 Å². The highest BCUT2D eigenvalue weighted by atomic mass is 16.2. The van der Waals surface area contributed by atoms with E-state index in [0.29, 0.717) is 23.7 Å². The van der Waals surface area contributed by atoms with Gasteiger partial charge in [-0.3, -0.25) is 4.79 Å². The molecule has 0 aliphatic heterocycles. The van der Waals surface area contributed by atoms with E-state index in [-0.39, 0.29) is 0 Å². The molecule has 0 N–H and O–H groups in total. The van der Waals surface area contributed by atoms with Crippen LogP contribution < -0.4 is 0 Å². The number of carbonyl (C=O) groups excluding carboxylic acids is 1. The largest absolute Gasteiger partial charge is 0.338 e. The molecule has 2 nitrogen and oxygen atoms in total. The number of rotatable bonds is 6. The van der Waals surface area contributed by atoms with Crippen LogP contribution in [0.4, 0.5) is 0 Å². The van der Waals surface area contributed by atoms with Gasteiger partial charge in [-0.15, -0.1) is 0 Å². The predicted molar refractivity (Wildman–Crippen MR) is 89.0 cm³/mol. The van der Waals surface area contributed by atoms with Gasteiger partial charge in [0.1, 0.15) is 0 Å². The minimum Gasteiger partial charge on any atom is -0.338 e. The molecule has 0 aromatic heterocycles. The Labute approximate surface area is 130 Å². The number of hydrogen-bond donors (Lipinski definition) is 0. The maximum atomic E-state index is 12.4. The fourth-order valence-electron chi connectivity index (χ4n) is 3.08. The molecule has 118 valence electrons. The van der Waals surface area contributed by atoms with Crippen molar-refractivity contribution in [2.24, 2.45) is 17.8 Å². The van der Waals surface area contributed by atoms with Crippen LogP contribution in [-0.2, 0) is 4.79 Å². The quantitative estimate of drug-likeness (QED) is 0.656. The molecule has 2 heteroatoms. The van der Waals surface area contributed by atoms with Crippen LogP contribution in [0.25, 0.3) is 0 Å². The van der Waals surface area contributed by atoms with E-state index in [9.17, 15) is 4.79 Å². The molecule has 2 rings (SSSR count). The van der Waals surface area contributed by atoms with E-state index in [1.807, 2.05) is 0 Å². The Hall–Kier alpha value is -1.05. The number of allylic oxidation sites excluding steroid dienone is 3. The molecule has 0 aromatic rings. The van der Waals surface area contributed by atoms with E-state index in [2.05, 4.69) is 44.7 Å². The van der Waals surface area contributed by atoms with E-state index < -0.39 is 0 Å². The molecule has 0 radical (unpaired) electrons. The lowest BCUT2D eigenvalue weighted by molar-refractivity contribution is -0.132. The molecule has 0 spiro atoms. The minimum absolute atomic E-state index is 0.331. The molecule has 1 atom stereocenters. The van der Waals surface area contributed by atoms with Crippen molar-refractivity contribution in [3.8, 4) is 0 Å². The summed E-state index contributed by atoms with van der Waals surface area (Å²) in [5, 5.41) is 0. The monoisotopic (exact) mass is 289 g/mol. The maximum absolute atomic E-state index is 12.4. The summed E-state index contributed by atoms with van der Waals surface area (Å²) in [6.45, 7) is 10.6. The highest BCUT2D eigenvalue weighted by molar-refractivity contribution is 5.81. The van der Waals surface area contributed by atoms with Crippen molar-refractivity contribution < 1.29 is 4.79 Å². The minimum atomic E-state index is 0.331. The highest BCUT2D eigenvalue weighted by Crippen LogP contribution is 2.32. The smallest absolute Gasteiger partial charge is 0.225 e. The van der Waals surface area contributed by atoms with Crippen LogP contribution in [0.15, 0.2) is 23.3 Å². The van der Waals surface area contributed by atoms with E-state index in [1.165, 1.54) is 30.4 Å². The van der Waals surface area contributed by atoms with Gasteiger partial charge in [-0.05, 0) is 57.8 Å².